The van der Waals surface area contributed by atoms with Gasteiger partial charge in [0.25, 0.3) is 0 Å². The molecule has 5 heteroatoms. The van der Waals surface area contributed by atoms with E-state index in [1.54, 1.807) is 32.4 Å². The average molecular weight is 432 g/mol. The second kappa shape index (κ2) is 5.78. The summed E-state index contributed by atoms with van der Waals surface area (Å²) in [7, 11) is 3.18. The fourth-order valence-corrected chi connectivity index (χ4v) is 10.6. The number of imide groups is 1. The Bertz CT molecular complexity index is 1040. The molecular formula is C27H29NO4. The predicted octanol–water partition coefficient (Wildman–Crippen LogP) is 3.78. The van der Waals surface area contributed by atoms with Gasteiger partial charge in [-0.3, -0.25) is 9.59 Å². The van der Waals surface area contributed by atoms with E-state index < -0.39 is 0 Å². The highest BCUT2D eigenvalue weighted by molar-refractivity contribution is 6.23. The topological polar surface area (TPSA) is 55.8 Å². The third-order valence-corrected chi connectivity index (χ3v) is 11.0. The van der Waals surface area contributed by atoms with Gasteiger partial charge < -0.3 is 9.47 Å². The molecule has 5 saturated carbocycles. The van der Waals surface area contributed by atoms with Gasteiger partial charge in [-0.25, -0.2) is 4.90 Å². The summed E-state index contributed by atoms with van der Waals surface area (Å²) >= 11 is 0. The van der Waals surface area contributed by atoms with E-state index >= 15 is 0 Å². The second-order valence-electron chi connectivity index (χ2n) is 11.5. The minimum atomic E-state index is -0.118. The first-order chi connectivity index (χ1) is 15.6. The molecule has 1 aromatic rings. The van der Waals surface area contributed by atoms with Crippen LogP contribution in [0.4, 0.5) is 5.69 Å². The molecule has 12 unspecified atom stereocenters. The Labute approximate surface area is 188 Å². The SMILES string of the molecule is COc1ccc(N2C(=O)C3C4CC(C3C2=O)C2C3CC(C5C6C=CC(C6)C35)C42)c(OC)c1. The number of hydrogen-bond acceptors (Lipinski definition) is 4. The first-order valence-corrected chi connectivity index (χ1v) is 12.4. The van der Waals surface area contributed by atoms with Crippen LogP contribution >= 0.6 is 0 Å². The number of hydrogen-bond donors (Lipinski definition) is 0. The number of allylic oxidation sites excluding steroid dienone is 2. The van der Waals surface area contributed by atoms with Gasteiger partial charge in [0.05, 0.1) is 31.7 Å². The molecule has 0 N–H and O–H groups in total. The molecule has 8 rings (SSSR count). The number of rotatable bonds is 3. The Morgan fingerprint density at radius 1 is 0.750 bits per heavy atom. The number of ether oxygens (including phenoxy) is 2. The number of carbonyl (C=O) groups excluding carboxylic acids is 2. The summed E-state index contributed by atoms with van der Waals surface area (Å²) in [6, 6.07) is 5.37. The van der Waals surface area contributed by atoms with E-state index in [2.05, 4.69) is 12.2 Å². The van der Waals surface area contributed by atoms with Crippen molar-refractivity contribution in [1.82, 2.24) is 0 Å². The highest BCUT2D eigenvalue weighted by Crippen LogP contribution is 2.78. The van der Waals surface area contributed by atoms with Gasteiger partial charge in [0, 0.05) is 6.07 Å². The van der Waals surface area contributed by atoms with Crippen LogP contribution in [0.25, 0.3) is 0 Å². The van der Waals surface area contributed by atoms with Gasteiger partial charge in [-0.05, 0) is 90.6 Å². The van der Waals surface area contributed by atoms with E-state index in [1.807, 2.05) is 0 Å². The van der Waals surface area contributed by atoms with Gasteiger partial charge in [0.15, 0.2) is 0 Å². The van der Waals surface area contributed by atoms with Crippen LogP contribution in [0.3, 0.4) is 0 Å². The van der Waals surface area contributed by atoms with E-state index in [0.29, 0.717) is 40.9 Å². The van der Waals surface area contributed by atoms with Crippen molar-refractivity contribution in [2.75, 3.05) is 19.1 Å². The van der Waals surface area contributed by atoms with Crippen LogP contribution < -0.4 is 14.4 Å². The molecule has 166 valence electrons. The summed E-state index contributed by atoms with van der Waals surface area (Å²) in [6.07, 6.45) is 8.83. The molecule has 0 spiro atoms. The molecule has 1 saturated heterocycles. The molecule has 0 aromatic heterocycles. The number of anilines is 1. The van der Waals surface area contributed by atoms with Crippen molar-refractivity contribution in [2.24, 2.45) is 71.0 Å². The van der Waals surface area contributed by atoms with Gasteiger partial charge in [0.2, 0.25) is 11.8 Å². The van der Waals surface area contributed by atoms with E-state index in [0.717, 1.165) is 41.9 Å². The van der Waals surface area contributed by atoms with Crippen LogP contribution in [0, 0.1) is 71.0 Å². The van der Waals surface area contributed by atoms with Crippen molar-refractivity contribution in [3.8, 4) is 11.5 Å². The lowest BCUT2D eigenvalue weighted by molar-refractivity contribution is -0.125. The lowest BCUT2D eigenvalue weighted by Crippen LogP contribution is -2.45. The standard InChI is InChI=1S/C27H29NO4/c1-31-13-5-6-18(19(8-13)32-2)28-26(29)24-16-10-17(25(24)27(28)30)23-15-9-14(22(16)23)20-11-3-4-12(7-11)21(15)20/h3-6,8,11-12,14-17,20-25H,7,9-10H2,1-2H3. The van der Waals surface area contributed by atoms with Crippen molar-refractivity contribution in [2.45, 2.75) is 19.3 Å². The molecule has 5 nitrogen and oxygen atoms in total. The van der Waals surface area contributed by atoms with Gasteiger partial charge >= 0.3 is 0 Å². The summed E-state index contributed by atoms with van der Waals surface area (Å²) in [5.41, 5.74) is 0.573. The van der Waals surface area contributed by atoms with Crippen LogP contribution in [0.2, 0.25) is 0 Å². The number of fused-ring (bicyclic) bond motifs is 19. The zero-order chi connectivity index (χ0) is 21.5. The summed E-state index contributed by atoms with van der Waals surface area (Å²) in [6.45, 7) is 0. The third-order valence-electron chi connectivity index (χ3n) is 11.0. The molecule has 0 radical (unpaired) electrons. The van der Waals surface area contributed by atoms with E-state index in [1.165, 1.54) is 17.7 Å². The van der Waals surface area contributed by atoms with Gasteiger partial charge in [-0.15, -0.1) is 0 Å². The van der Waals surface area contributed by atoms with Crippen LogP contribution in [0.15, 0.2) is 30.4 Å². The molecule has 6 bridgehead atoms. The Hall–Kier alpha value is -2.30. The van der Waals surface area contributed by atoms with Gasteiger partial charge in [-0.1, -0.05) is 12.2 Å². The first-order valence-electron chi connectivity index (χ1n) is 12.4. The summed E-state index contributed by atoms with van der Waals surface area (Å²) in [4.78, 5) is 29.0. The smallest absolute Gasteiger partial charge is 0.238 e. The van der Waals surface area contributed by atoms with Crippen LogP contribution in [0.1, 0.15) is 19.3 Å². The predicted molar refractivity (Wildman–Crippen MR) is 117 cm³/mol. The lowest BCUT2D eigenvalue weighted by atomic mass is 9.57. The largest absolute Gasteiger partial charge is 0.497 e. The number of nitrogens with zero attached hydrogens (tertiary/aromatic N) is 1. The third kappa shape index (κ3) is 1.84. The zero-order valence-corrected chi connectivity index (χ0v) is 18.5. The number of methoxy groups -OCH3 is 2. The molecule has 32 heavy (non-hydrogen) atoms. The van der Waals surface area contributed by atoms with E-state index in [9.17, 15) is 9.59 Å². The lowest BCUT2D eigenvalue weighted by Gasteiger charge is -2.46. The maximum Gasteiger partial charge on any atom is 0.238 e. The fraction of sp³-hybridized carbons (Fsp3) is 0.630. The summed E-state index contributed by atoms with van der Waals surface area (Å²) in [5, 5.41) is 0. The zero-order valence-electron chi connectivity index (χ0n) is 18.5. The normalized spacial score (nSPS) is 50.4. The monoisotopic (exact) mass is 431 g/mol. The van der Waals surface area contributed by atoms with Crippen molar-refractivity contribution in [3.63, 3.8) is 0 Å². The maximum absolute atomic E-state index is 13.8. The molecule has 6 aliphatic carbocycles. The Balaban J connectivity index is 1.17. The van der Waals surface area contributed by atoms with Crippen molar-refractivity contribution >= 4 is 17.5 Å². The second-order valence-corrected chi connectivity index (χ2v) is 11.5. The molecule has 1 aliphatic heterocycles. The summed E-state index contributed by atoms with van der Waals surface area (Å²) < 4.78 is 10.9. The van der Waals surface area contributed by atoms with Crippen LogP contribution in [-0.4, -0.2) is 26.0 Å². The Morgan fingerprint density at radius 3 is 1.91 bits per heavy atom. The molecule has 2 amide bonds. The van der Waals surface area contributed by atoms with E-state index in [-0.39, 0.29) is 23.7 Å². The van der Waals surface area contributed by atoms with Crippen molar-refractivity contribution in [3.05, 3.63) is 30.4 Å². The summed E-state index contributed by atoms with van der Waals surface area (Å²) in [5.74, 6) is 8.01. The van der Waals surface area contributed by atoms with Crippen LogP contribution in [-0.2, 0) is 9.59 Å². The first kappa shape index (κ1) is 18.2. The molecule has 7 aliphatic rings. The maximum atomic E-state index is 13.8. The fourth-order valence-electron chi connectivity index (χ4n) is 10.6. The minimum Gasteiger partial charge on any atom is -0.497 e. The average Bonchev–Trinajstić information content (AvgIpc) is 3.63. The number of benzene rings is 1. The molecular weight excluding hydrogens is 402 g/mol. The quantitative estimate of drug-likeness (QED) is 0.415. The molecule has 6 fully saturated rings. The van der Waals surface area contributed by atoms with E-state index in [4.69, 9.17) is 9.47 Å². The highest BCUT2D eigenvalue weighted by atomic mass is 16.5. The molecule has 1 heterocycles. The molecule has 1 aromatic carbocycles. The number of amides is 2. The van der Waals surface area contributed by atoms with Crippen molar-refractivity contribution in [1.29, 1.82) is 0 Å². The van der Waals surface area contributed by atoms with Crippen molar-refractivity contribution < 1.29 is 19.1 Å². The van der Waals surface area contributed by atoms with Crippen LogP contribution in [0.5, 0.6) is 11.5 Å². The Kier molecular flexibility index (Phi) is 3.28. The Morgan fingerprint density at radius 2 is 1.34 bits per heavy atom. The van der Waals surface area contributed by atoms with Gasteiger partial charge in [-0.2, -0.15) is 0 Å². The number of carbonyl (C=O) groups is 2. The minimum absolute atomic E-state index is 0.0154. The highest BCUT2D eigenvalue weighted by Gasteiger charge is 2.76. The molecule has 12 atom stereocenters. The van der Waals surface area contributed by atoms with Gasteiger partial charge in [0.1, 0.15) is 11.5 Å².